The molecule has 4 rings (SSSR count). The number of ether oxygens (including phenoxy) is 1. The van der Waals surface area contributed by atoms with Crippen LogP contribution in [0.15, 0.2) is 48.5 Å². The number of benzene rings is 2. The van der Waals surface area contributed by atoms with Crippen molar-refractivity contribution in [3.05, 3.63) is 75.9 Å². The molecule has 0 fully saturated rings. The Labute approximate surface area is 193 Å². The summed E-state index contributed by atoms with van der Waals surface area (Å²) >= 11 is 6.36. The highest BCUT2D eigenvalue weighted by Gasteiger charge is 2.47. The summed E-state index contributed by atoms with van der Waals surface area (Å²) in [5.74, 6) is -0.0139. The first kappa shape index (κ1) is 23.0. The molecule has 2 heterocycles. The van der Waals surface area contributed by atoms with Gasteiger partial charge < -0.3 is 15.4 Å². The third kappa shape index (κ3) is 4.78. The number of fused-ring (bicyclic) bond motifs is 1. The van der Waals surface area contributed by atoms with Gasteiger partial charge in [0, 0.05) is 13.0 Å². The maximum absolute atomic E-state index is 13.9. The first-order valence-corrected chi connectivity index (χ1v) is 10.6. The Balaban J connectivity index is 1.59. The molecule has 0 unspecified atom stereocenters. The lowest BCUT2D eigenvalue weighted by atomic mass is 9.96. The molecule has 0 aliphatic carbocycles. The number of hydrogen-bond donors (Lipinski definition) is 2. The summed E-state index contributed by atoms with van der Waals surface area (Å²) in [6, 6.07) is 11.7. The molecule has 1 aliphatic rings. The van der Waals surface area contributed by atoms with Gasteiger partial charge in [0.1, 0.15) is 16.6 Å². The highest BCUT2D eigenvalue weighted by molar-refractivity contribution is 6.36. The van der Waals surface area contributed by atoms with Crippen molar-refractivity contribution >= 4 is 23.3 Å². The number of carbonyl (C=O) groups excluding carboxylic acids is 1. The van der Waals surface area contributed by atoms with E-state index in [-0.39, 0.29) is 29.5 Å². The van der Waals surface area contributed by atoms with Crippen molar-refractivity contribution in [2.75, 3.05) is 12.4 Å². The van der Waals surface area contributed by atoms with E-state index < -0.39 is 24.2 Å². The van der Waals surface area contributed by atoms with Gasteiger partial charge in [-0.25, -0.2) is 4.68 Å². The van der Waals surface area contributed by atoms with Crippen molar-refractivity contribution in [2.45, 2.75) is 38.1 Å². The van der Waals surface area contributed by atoms with Crippen LogP contribution in [0.25, 0.3) is 0 Å². The molecule has 10 heteroatoms. The summed E-state index contributed by atoms with van der Waals surface area (Å²) < 4.78 is 47.6. The SMILES string of the molecule is COc1ccc(CNC(=O)c2nn3c(c2Cl)N[C@@H](c2ccc(C)cc2)C[C@@H]3C(F)(F)F)cc1. The minimum absolute atomic E-state index is 0.0228. The molecule has 0 bridgehead atoms. The molecule has 1 amide bonds. The number of amides is 1. The zero-order chi connectivity index (χ0) is 23.8. The molecule has 0 saturated heterocycles. The van der Waals surface area contributed by atoms with Gasteiger partial charge in [-0.15, -0.1) is 0 Å². The van der Waals surface area contributed by atoms with Crippen LogP contribution in [0.3, 0.4) is 0 Å². The minimum atomic E-state index is -4.56. The van der Waals surface area contributed by atoms with Crippen LogP contribution in [-0.2, 0) is 6.54 Å². The van der Waals surface area contributed by atoms with Gasteiger partial charge in [-0.3, -0.25) is 4.79 Å². The predicted octanol–water partition coefficient (Wildman–Crippen LogP) is 5.44. The first-order chi connectivity index (χ1) is 15.7. The minimum Gasteiger partial charge on any atom is -0.497 e. The molecule has 0 saturated carbocycles. The van der Waals surface area contributed by atoms with E-state index in [1.165, 1.54) is 0 Å². The maximum Gasteiger partial charge on any atom is 0.410 e. The Morgan fingerprint density at radius 3 is 2.48 bits per heavy atom. The molecule has 33 heavy (non-hydrogen) atoms. The number of hydrogen-bond acceptors (Lipinski definition) is 4. The van der Waals surface area contributed by atoms with Gasteiger partial charge in [-0.2, -0.15) is 18.3 Å². The van der Waals surface area contributed by atoms with Crippen LogP contribution in [0.5, 0.6) is 5.75 Å². The molecule has 6 nitrogen and oxygen atoms in total. The van der Waals surface area contributed by atoms with Gasteiger partial charge in [0.05, 0.1) is 13.2 Å². The molecule has 2 N–H and O–H groups in total. The van der Waals surface area contributed by atoms with E-state index in [0.717, 1.165) is 15.8 Å². The van der Waals surface area contributed by atoms with E-state index in [0.29, 0.717) is 11.3 Å². The van der Waals surface area contributed by atoms with Crippen LogP contribution in [-0.4, -0.2) is 29.0 Å². The zero-order valence-electron chi connectivity index (χ0n) is 17.9. The van der Waals surface area contributed by atoms with Gasteiger partial charge in [0.2, 0.25) is 0 Å². The number of halogens is 4. The van der Waals surface area contributed by atoms with Crippen molar-refractivity contribution in [1.82, 2.24) is 15.1 Å². The molecule has 2 atom stereocenters. The van der Waals surface area contributed by atoms with Gasteiger partial charge in [-0.05, 0) is 30.2 Å². The number of nitrogens with zero attached hydrogens (tertiary/aromatic N) is 2. The second-order valence-electron chi connectivity index (χ2n) is 7.89. The fourth-order valence-corrected chi connectivity index (χ4v) is 4.03. The van der Waals surface area contributed by atoms with Gasteiger partial charge >= 0.3 is 6.18 Å². The summed E-state index contributed by atoms with van der Waals surface area (Å²) in [6.07, 6.45) is -4.84. The van der Waals surface area contributed by atoms with Crippen molar-refractivity contribution in [3.8, 4) is 5.75 Å². The summed E-state index contributed by atoms with van der Waals surface area (Å²) in [4.78, 5) is 12.7. The van der Waals surface area contributed by atoms with Gasteiger partial charge in [0.15, 0.2) is 11.7 Å². The molecule has 1 aliphatic heterocycles. The normalized spacial score (nSPS) is 17.8. The van der Waals surface area contributed by atoms with E-state index >= 15 is 0 Å². The van der Waals surface area contributed by atoms with E-state index in [4.69, 9.17) is 16.3 Å². The molecule has 0 radical (unpaired) electrons. The van der Waals surface area contributed by atoms with Crippen molar-refractivity contribution < 1.29 is 22.7 Å². The number of anilines is 1. The monoisotopic (exact) mass is 478 g/mol. The molecule has 3 aromatic rings. The molecule has 0 spiro atoms. The van der Waals surface area contributed by atoms with Crippen LogP contribution in [0, 0.1) is 6.92 Å². The lowest BCUT2D eigenvalue weighted by Gasteiger charge is -2.33. The molecule has 2 aromatic carbocycles. The fraction of sp³-hybridized carbons (Fsp3) is 0.304. The average molecular weight is 479 g/mol. The third-order valence-electron chi connectivity index (χ3n) is 5.60. The Kier molecular flexibility index (Phi) is 6.25. The second-order valence-corrected chi connectivity index (χ2v) is 8.27. The lowest BCUT2D eigenvalue weighted by molar-refractivity contribution is -0.173. The Morgan fingerprint density at radius 2 is 1.88 bits per heavy atom. The molecular formula is C23H22ClF3N4O2. The Morgan fingerprint density at radius 1 is 1.21 bits per heavy atom. The number of methoxy groups -OCH3 is 1. The van der Waals surface area contributed by atoms with Gasteiger partial charge in [0.25, 0.3) is 5.91 Å². The Bertz CT molecular complexity index is 1140. The number of carbonyl (C=O) groups is 1. The third-order valence-corrected chi connectivity index (χ3v) is 5.96. The van der Waals surface area contributed by atoms with Crippen LogP contribution < -0.4 is 15.4 Å². The van der Waals surface area contributed by atoms with E-state index in [1.54, 1.807) is 43.5 Å². The first-order valence-electron chi connectivity index (χ1n) is 10.3. The molecule has 174 valence electrons. The number of alkyl halides is 3. The highest BCUT2D eigenvalue weighted by atomic mass is 35.5. The standard InChI is InChI=1S/C23H22ClF3N4O2/c1-13-3-7-15(8-4-13)17-11-18(23(25,26)27)31-21(29-17)19(24)20(30-31)22(32)28-12-14-5-9-16(33-2)10-6-14/h3-10,17-18,29H,11-12H2,1-2H3,(H,28,32)/t17-,18-/m1/s1. The fourth-order valence-electron chi connectivity index (χ4n) is 3.76. The number of rotatable bonds is 5. The maximum atomic E-state index is 13.9. The summed E-state index contributed by atoms with van der Waals surface area (Å²) in [7, 11) is 1.55. The second kappa shape index (κ2) is 8.97. The average Bonchev–Trinajstić information content (AvgIpc) is 3.13. The molecule has 1 aromatic heterocycles. The highest BCUT2D eigenvalue weighted by Crippen LogP contribution is 2.46. The van der Waals surface area contributed by atoms with Gasteiger partial charge in [-0.1, -0.05) is 53.6 Å². The summed E-state index contributed by atoms with van der Waals surface area (Å²) in [5, 5.41) is 9.50. The summed E-state index contributed by atoms with van der Waals surface area (Å²) in [6.45, 7) is 2.06. The topological polar surface area (TPSA) is 68.2 Å². The van der Waals surface area contributed by atoms with E-state index in [2.05, 4.69) is 15.7 Å². The number of nitrogens with one attached hydrogen (secondary N) is 2. The van der Waals surface area contributed by atoms with Crippen LogP contribution in [0.1, 0.15) is 45.7 Å². The van der Waals surface area contributed by atoms with E-state index in [1.807, 2.05) is 19.1 Å². The van der Waals surface area contributed by atoms with Crippen LogP contribution >= 0.6 is 11.6 Å². The van der Waals surface area contributed by atoms with Crippen molar-refractivity contribution in [3.63, 3.8) is 0 Å². The Hall–Kier alpha value is -3.20. The smallest absolute Gasteiger partial charge is 0.410 e. The van der Waals surface area contributed by atoms with Crippen LogP contribution in [0.2, 0.25) is 5.02 Å². The number of aryl methyl sites for hydroxylation is 1. The van der Waals surface area contributed by atoms with Crippen molar-refractivity contribution in [1.29, 1.82) is 0 Å². The van der Waals surface area contributed by atoms with Crippen LogP contribution in [0.4, 0.5) is 19.0 Å². The van der Waals surface area contributed by atoms with E-state index in [9.17, 15) is 18.0 Å². The zero-order valence-corrected chi connectivity index (χ0v) is 18.7. The lowest BCUT2D eigenvalue weighted by Crippen LogP contribution is -2.35. The van der Waals surface area contributed by atoms with Crippen molar-refractivity contribution in [2.24, 2.45) is 0 Å². The largest absolute Gasteiger partial charge is 0.497 e. The predicted molar refractivity (Wildman–Crippen MR) is 119 cm³/mol. The summed E-state index contributed by atoms with van der Waals surface area (Å²) in [5.41, 5.74) is 2.23. The molecular weight excluding hydrogens is 457 g/mol. The number of aromatic nitrogens is 2. The quantitative estimate of drug-likeness (QED) is 0.512.